The van der Waals surface area contributed by atoms with E-state index in [1.807, 2.05) is 36.7 Å². The number of anilines is 2. The molecule has 0 aliphatic carbocycles. The van der Waals surface area contributed by atoms with Gasteiger partial charge in [-0.3, -0.25) is 0 Å². The maximum absolute atomic E-state index is 6.20. The molecular weight excluding hydrogens is 352 g/mol. The molecule has 0 aliphatic heterocycles. The van der Waals surface area contributed by atoms with E-state index < -0.39 is 0 Å². The Morgan fingerprint density at radius 3 is 2.69 bits per heavy atom. The minimum absolute atomic E-state index is 0.318. The van der Waals surface area contributed by atoms with Crippen LogP contribution >= 0.6 is 11.6 Å². The van der Waals surface area contributed by atoms with Gasteiger partial charge in [0.05, 0.1) is 6.33 Å². The minimum atomic E-state index is 0.318. The fourth-order valence-corrected chi connectivity index (χ4v) is 2.67. The van der Waals surface area contributed by atoms with E-state index in [0.717, 1.165) is 35.7 Å². The van der Waals surface area contributed by atoms with E-state index in [1.54, 1.807) is 12.5 Å². The van der Waals surface area contributed by atoms with Crippen LogP contribution in [0.4, 0.5) is 11.5 Å². The van der Waals surface area contributed by atoms with Gasteiger partial charge in [-0.05, 0) is 43.5 Å². The molecule has 8 heteroatoms. The lowest BCUT2D eigenvalue weighted by Crippen LogP contribution is -2.10. The van der Waals surface area contributed by atoms with Crippen LogP contribution in [0.1, 0.15) is 17.5 Å². The van der Waals surface area contributed by atoms with Crippen LogP contribution in [0.3, 0.4) is 0 Å². The van der Waals surface area contributed by atoms with Crippen molar-refractivity contribution >= 4 is 23.1 Å². The van der Waals surface area contributed by atoms with E-state index in [1.165, 1.54) is 6.33 Å². The van der Waals surface area contributed by atoms with Gasteiger partial charge >= 0.3 is 0 Å². The Labute approximate surface area is 157 Å². The Morgan fingerprint density at radius 2 is 2.00 bits per heavy atom. The highest BCUT2D eigenvalue weighted by Crippen LogP contribution is 2.32. The molecule has 0 amide bonds. The predicted molar refractivity (Wildman–Crippen MR) is 103 cm³/mol. The first-order valence-corrected chi connectivity index (χ1v) is 8.67. The highest BCUT2D eigenvalue weighted by Gasteiger charge is 2.11. The van der Waals surface area contributed by atoms with Gasteiger partial charge in [0.15, 0.2) is 5.82 Å². The van der Waals surface area contributed by atoms with Crippen LogP contribution in [0, 0.1) is 13.8 Å². The number of nitrogen functional groups attached to an aromatic ring is 1. The predicted octanol–water partition coefficient (Wildman–Crippen LogP) is 3.82. The molecule has 136 valence electrons. The number of rotatable bonds is 7. The van der Waals surface area contributed by atoms with Crippen LogP contribution in [-0.2, 0) is 6.54 Å². The molecule has 0 radical (unpaired) electrons. The molecule has 26 heavy (non-hydrogen) atoms. The van der Waals surface area contributed by atoms with E-state index >= 15 is 0 Å². The number of imidazole rings is 1. The monoisotopic (exact) mass is 372 g/mol. The molecule has 0 spiro atoms. The van der Waals surface area contributed by atoms with Gasteiger partial charge in [-0.2, -0.15) is 4.98 Å². The number of benzene rings is 1. The summed E-state index contributed by atoms with van der Waals surface area (Å²) in [7, 11) is 0. The van der Waals surface area contributed by atoms with E-state index in [2.05, 4.69) is 20.3 Å². The van der Waals surface area contributed by atoms with Crippen LogP contribution in [0.5, 0.6) is 11.6 Å². The Bertz CT molecular complexity index is 858. The third-order valence-electron chi connectivity index (χ3n) is 3.92. The van der Waals surface area contributed by atoms with Crippen LogP contribution in [0.15, 0.2) is 37.2 Å². The number of aryl methyl sites for hydroxylation is 3. The average Bonchev–Trinajstić information content (AvgIpc) is 3.13. The summed E-state index contributed by atoms with van der Waals surface area (Å²) < 4.78 is 7.86. The molecule has 3 N–H and O–H groups in total. The van der Waals surface area contributed by atoms with Crippen molar-refractivity contribution in [3.63, 3.8) is 0 Å². The van der Waals surface area contributed by atoms with Crippen LogP contribution in [0.25, 0.3) is 0 Å². The van der Waals surface area contributed by atoms with E-state index in [-0.39, 0.29) is 0 Å². The quantitative estimate of drug-likeness (QED) is 0.612. The fourth-order valence-electron chi connectivity index (χ4n) is 2.57. The summed E-state index contributed by atoms with van der Waals surface area (Å²) in [5.74, 6) is 1.52. The zero-order valence-electron chi connectivity index (χ0n) is 14.7. The molecule has 0 saturated heterocycles. The van der Waals surface area contributed by atoms with E-state index in [0.29, 0.717) is 23.1 Å². The molecule has 0 bridgehead atoms. The van der Waals surface area contributed by atoms with E-state index in [4.69, 9.17) is 22.1 Å². The molecular formula is C18H21ClN6O. The maximum atomic E-state index is 6.20. The van der Waals surface area contributed by atoms with Crippen molar-refractivity contribution in [1.82, 2.24) is 19.5 Å². The van der Waals surface area contributed by atoms with Crippen molar-refractivity contribution in [3.8, 4) is 11.6 Å². The van der Waals surface area contributed by atoms with Gasteiger partial charge in [-0.1, -0.05) is 11.6 Å². The summed E-state index contributed by atoms with van der Waals surface area (Å²) in [5.41, 5.74) is 8.41. The molecule has 0 saturated carbocycles. The van der Waals surface area contributed by atoms with E-state index in [9.17, 15) is 0 Å². The Balaban J connectivity index is 1.65. The summed E-state index contributed by atoms with van der Waals surface area (Å²) in [4.78, 5) is 12.4. The SMILES string of the molecule is Cc1cc(Oc2ncnc(NCCCn3ccnc3)c2N)cc(C)c1Cl. The van der Waals surface area contributed by atoms with Gasteiger partial charge in [0.25, 0.3) is 0 Å². The smallest absolute Gasteiger partial charge is 0.248 e. The summed E-state index contributed by atoms with van der Waals surface area (Å²) in [6.45, 7) is 5.44. The number of hydrogen-bond acceptors (Lipinski definition) is 6. The van der Waals surface area contributed by atoms with Gasteiger partial charge in [0, 0.05) is 30.5 Å². The molecule has 3 rings (SSSR count). The topological polar surface area (TPSA) is 90.9 Å². The molecule has 2 heterocycles. The number of ether oxygens (including phenoxy) is 1. The lowest BCUT2D eigenvalue weighted by Gasteiger charge is -2.13. The maximum Gasteiger partial charge on any atom is 0.248 e. The summed E-state index contributed by atoms with van der Waals surface area (Å²) >= 11 is 6.20. The number of hydrogen-bond donors (Lipinski definition) is 2. The number of halogens is 1. The number of aromatic nitrogens is 4. The van der Waals surface area contributed by atoms with Gasteiger partial charge in [-0.15, -0.1) is 0 Å². The van der Waals surface area contributed by atoms with Crippen molar-refractivity contribution in [2.75, 3.05) is 17.6 Å². The Hall–Kier alpha value is -2.80. The van der Waals surface area contributed by atoms with Gasteiger partial charge in [0.2, 0.25) is 5.88 Å². The summed E-state index contributed by atoms with van der Waals surface area (Å²) in [5, 5.41) is 3.95. The number of nitrogens with two attached hydrogens (primary N) is 1. The average molecular weight is 373 g/mol. The van der Waals surface area contributed by atoms with Gasteiger partial charge < -0.3 is 20.4 Å². The van der Waals surface area contributed by atoms with Crippen molar-refractivity contribution in [2.24, 2.45) is 0 Å². The molecule has 7 nitrogen and oxygen atoms in total. The molecule has 1 aromatic carbocycles. The highest BCUT2D eigenvalue weighted by molar-refractivity contribution is 6.32. The lowest BCUT2D eigenvalue weighted by atomic mass is 10.1. The zero-order valence-corrected chi connectivity index (χ0v) is 15.5. The third-order valence-corrected chi connectivity index (χ3v) is 4.51. The van der Waals surface area contributed by atoms with Crippen molar-refractivity contribution in [1.29, 1.82) is 0 Å². The molecule has 0 aliphatic rings. The van der Waals surface area contributed by atoms with Gasteiger partial charge in [-0.25, -0.2) is 9.97 Å². The minimum Gasteiger partial charge on any atom is -0.437 e. The third kappa shape index (κ3) is 4.23. The molecule has 2 aromatic heterocycles. The first-order valence-electron chi connectivity index (χ1n) is 8.29. The van der Waals surface area contributed by atoms with Crippen molar-refractivity contribution in [2.45, 2.75) is 26.8 Å². The molecule has 0 fully saturated rings. The van der Waals surface area contributed by atoms with Gasteiger partial charge in [0.1, 0.15) is 17.8 Å². The largest absolute Gasteiger partial charge is 0.437 e. The van der Waals surface area contributed by atoms with Crippen LogP contribution in [-0.4, -0.2) is 26.1 Å². The number of nitrogens with zero attached hydrogens (tertiary/aromatic N) is 4. The van der Waals surface area contributed by atoms with Crippen LogP contribution < -0.4 is 15.8 Å². The summed E-state index contributed by atoms with van der Waals surface area (Å²) in [6.07, 6.45) is 7.83. The molecule has 3 aromatic rings. The molecule has 0 atom stereocenters. The highest BCUT2D eigenvalue weighted by atomic mass is 35.5. The van der Waals surface area contributed by atoms with Crippen LogP contribution in [0.2, 0.25) is 5.02 Å². The Kier molecular flexibility index (Phi) is 5.58. The summed E-state index contributed by atoms with van der Waals surface area (Å²) in [6, 6.07) is 3.71. The number of nitrogens with one attached hydrogen (secondary N) is 1. The Morgan fingerprint density at radius 1 is 1.23 bits per heavy atom. The molecule has 0 unspecified atom stereocenters. The second kappa shape index (κ2) is 8.05. The second-order valence-corrected chi connectivity index (χ2v) is 6.37. The zero-order chi connectivity index (χ0) is 18.5. The standard InChI is InChI=1S/C18H21ClN6O/c1-12-8-14(9-13(2)15(12)19)26-18-16(20)17(23-10-24-18)22-4-3-6-25-7-5-21-11-25/h5,7-11H,3-4,6,20H2,1-2H3,(H,22,23,24). The van der Waals surface area contributed by atoms with Crippen molar-refractivity contribution < 1.29 is 4.74 Å². The first-order chi connectivity index (χ1) is 12.5. The van der Waals surface area contributed by atoms with Crippen molar-refractivity contribution in [3.05, 3.63) is 53.3 Å². The lowest BCUT2D eigenvalue weighted by molar-refractivity contribution is 0.464. The fraction of sp³-hybridized carbons (Fsp3) is 0.278. The normalized spacial score (nSPS) is 10.7. The first kappa shape index (κ1) is 18.0. The second-order valence-electron chi connectivity index (χ2n) is 6.00.